The van der Waals surface area contributed by atoms with Crippen LogP contribution in [0.25, 0.3) is 0 Å². The van der Waals surface area contributed by atoms with Gasteiger partial charge in [0, 0.05) is 23.9 Å². The minimum absolute atomic E-state index is 0.273. The third-order valence-corrected chi connectivity index (χ3v) is 2.75. The van der Waals surface area contributed by atoms with E-state index in [9.17, 15) is 0 Å². The van der Waals surface area contributed by atoms with Crippen LogP contribution in [0.1, 0.15) is 25.5 Å². The lowest BCUT2D eigenvalue weighted by Crippen LogP contribution is -2.41. The summed E-state index contributed by atoms with van der Waals surface area (Å²) in [4.78, 5) is 0. The Morgan fingerprint density at radius 2 is 2.50 bits per heavy atom. The number of rotatable bonds is 1. The number of H-pyrrole nitrogens is 1. The highest BCUT2D eigenvalue weighted by atomic mass is 15.1. The second-order valence-corrected chi connectivity index (χ2v) is 3.81. The monoisotopic (exact) mass is 165 g/mol. The van der Waals surface area contributed by atoms with E-state index >= 15 is 0 Å². The van der Waals surface area contributed by atoms with Crippen LogP contribution in [-0.2, 0) is 5.41 Å². The van der Waals surface area contributed by atoms with Gasteiger partial charge in [-0.1, -0.05) is 6.92 Å². The van der Waals surface area contributed by atoms with E-state index in [0.717, 1.165) is 13.1 Å². The Morgan fingerprint density at radius 3 is 3.08 bits per heavy atom. The van der Waals surface area contributed by atoms with Gasteiger partial charge in [0.2, 0.25) is 0 Å². The van der Waals surface area contributed by atoms with Crippen LogP contribution in [0, 0.1) is 0 Å². The molecule has 0 amide bonds. The fraction of sp³-hybridized carbons (Fsp3) is 0.667. The highest BCUT2D eigenvalue weighted by Gasteiger charge is 2.29. The molecule has 2 heterocycles. The van der Waals surface area contributed by atoms with E-state index in [0.29, 0.717) is 0 Å². The molecule has 1 aromatic rings. The molecule has 0 radical (unpaired) electrons. The molecule has 12 heavy (non-hydrogen) atoms. The second-order valence-electron chi connectivity index (χ2n) is 3.81. The predicted molar refractivity (Wildman–Crippen MR) is 48.0 cm³/mol. The van der Waals surface area contributed by atoms with Gasteiger partial charge in [-0.3, -0.25) is 5.10 Å². The zero-order chi connectivity index (χ0) is 8.44. The van der Waals surface area contributed by atoms with Gasteiger partial charge >= 0.3 is 0 Å². The van der Waals surface area contributed by atoms with Crippen molar-refractivity contribution in [1.82, 2.24) is 15.5 Å². The number of nitrogens with one attached hydrogen (secondary N) is 2. The van der Waals surface area contributed by atoms with E-state index in [1.165, 1.54) is 18.5 Å². The van der Waals surface area contributed by atoms with Gasteiger partial charge in [-0.05, 0) is 25.5 Å². The summed E-state index contributed by atoms with van der Waals surface area (Å²) < 4.78 is 0. The molecule has 0 saturated carbocycles. The Morgan fingerprint density at radius 1 is 1.58 bits per heavy atom. The average molecular weight is 165 g/mol. The molecule has 0 aliphatic carbocycles. The molecule has 0 spiro atoms. The summed E-state index contributed by atoms with van der Waals surface area (Å²) in [7, 11) is 0. The van der Waals surface area contributed by atoms with E-state index < -0.39 is 0 Å². The minimum Gasteiger partial charge on any atom is -0.316 e. The van der Waals surface area contributed by atoms with Gasteiger partial charge in [0.05, 0.1) is 0 Å². The standard InChI is InChI=1S/C9H15N3/c1-9(4-2-5-10-7-9)8-3-6-11-12-8/h3,6,10H,2,4-5,7H2,1H3,(H,11,12)/t9-/m0/s1. The van der Waals surface area contributed by atoms with Gasteiger partial charge in [-0.25, -0.2) is 0 Å². The predicted octanol–water partition coefficient (Wildman–Crippen LogP) is 1.05. The second kappa shape index (κ2) is 2.90. The minimum atomic E-state index is 0.273. The van der Waals surface area contributed by atoms with Gasteiger partial charge in [0.15, 0.2) is 0 Å². The molecular formula is C9H15N3. The van der Waals surface area contributed by atoms with Crippen LogP contribution in [0.4, 0.5) is 0 Å². The Bertz CT molecular complexity index is 234. The Kier molecular flexibility index (Phi) is 1.89. The van der Waals surface area contributed by atoms with E-state index in [1.54, 1.807) is 0 Å². The fourth-order valence-corrected chi connectivity index (χ4v) is 1.88. The van der Waals surface area contributed by atoms with Gasteiger partial charge < -0.3 is 5.32 Å². The topological polar surface area (TPSA) is 40.7 Å². The number of piperidine rings is 1. The first-order valence-corrected chi connectivity index (χ1v) is 4.52. The molecule has 1 aliphatic rings. The summed E-state index contributed by atoms with van der Waals surface area (Å²) in [5, 5.41) is 10.5. The van der Waals surface area contributed by atoms with E-state index in [1.807, 2.05) is 6.20 Å². The van der Waals surface area contributed by atoms with Crippen molar-refractivity contribution < 1.29 is 0 Å². The zero-order valence-electron chi connectivity index (χ0n) is 7.43. The summed E-state index contributed by atoms with van der Waals surface area (Å²) in [6.45, 7) is 4.51. The van der Waals surface area contributed by atoms with E-state index in [4.69, 9.17) is 0 Å². The molecule has 1 saturated heterocycles. The summed E-state index contributed by atoms with van der Waals surface area (Å²) in [5.74, 6) is 0. The van der Waals surface area contributed by atoms with Crippen molar-refractivity contribution >= 4 is 0 Å². The Hall–Kier alpha value is -0.830. The van der Waals surface area contributed by atoms with Crippen LogP contribution >= 0.6 is 0 Å². The van der Waals surface area contributed by atoms with Crippen molar-refractivity contribution in [2.45, 2.75) is 25.2 Å². The van der Waals surface area contributed by atoms with Gasteiger partial charge in [-0.2, -0.15) is 5.10 Å². The van der Waals surface area contributed by atoms with Crippen LogP contribution in [0.5, 0.6) is 0 Å². The maximum absolute atomic E-state index is 3.99. The third kappa shape index (κ3) is 1.25. The molecule has 1 fully saturated rings. The van der Waals surface area contributed by atoms with Crippen molar-refractivity contribution in [2.24, 2.45) is 0 Å². The first-order chi connectivity index (χ1) is 5.81. The first kappa shape index (κ1) is 7.80. The Labute approximate surface area is 72.6 Å². The summed E-state index contributed by atoms with van der Waals surface area (Å²) in [5.41, 5.74) is 1.53. The molecule has 1 atom stereocenters. The highest BCUT2D eigenvalue weighted by molar-refractivity contribution is 5.15. The molecule has 0 unspecified atom stereocenters. The first-order valence-electron chi connectivity index (χ1n) is 4.52. The SMILES string of the molecule is C[C@]1(c2ccn[nH]2)CCCNC1. The van der Waals surface area contributed by atoms with E-state index in [-0.39, 0.29) is 5.41 Å². The maximum atomic E-state index is 3.99. The molecule has 2 rings (SSSR count). The van der Waals surface area contributed by atoms with Crippen molar-refractivity contribution in [3.8, 4) is 0 Å². The van der Waals surface area contributed by atoms with Crippen molar-refractivity contribution in [2.75, 3.05) is 13.1 Å². The molecule has 0 bridgehead atoms. The average Bonchev–Trinajstić information content (AvgIpc) is 2.58. The summed E-state index contributed by atoms with van der Waals surface area (Å²) >= 11 is 0. The molecule has 66 valence electrons. The summed E-state index contributed by atoms with van der Waals surface area (Å²) in [6, 6.07) is 2.08. The maximum Gasteiger partial charge on any atom is 0.0490 e. The largest absolute Gasteiger partial charge is 0.316 e. The van der Waals surface area contributed by atoms with Crippen molar-refractivity contribution in [1.29, 1.82) is 0 Å². The number of nitrogens with zero attached hydrogens (tertiary/aromatic N) is 1. The van der Waals surface area contributed by atoms with Crippen molar-refractivity contribution in [3.63, 3.8) is 0 Å². The van der Waals surface area contributed by atoms with Crippen LogP contribution in [-0.4, -0.2) is 23.3 Å². The van der Waals surface area contributed by atoms with Crippen LogP contribution in [0.3, 0.4) is 0 Å². The number of aromatic nitrogens is 2. The number of hydrogen-bond donors (Lipinski definition) is 2. The lowest BCUT2D eigenvalue weighted by molar-refractivity contribution is 0.332. The molecule has 3 heteroatoms. The third-order valence-electron chi connectivity index (χ3n) is 2.75. The van der Waals surface area contributed by atoms with E-state index in [2.05, 4.69) is 28.5 Å². The van der Waals surface area contributed by atoms with Gasteiger partial charge in [-0.15, -0.1) is 0 Å². The molecular weight excluding hydrogens is 150 g/mol. The molecule has 0 aromatic carbocycles. The molecule has 1 aliphatic heterocycles. The lowest BCUT2D eigenvalue weighted by atomic mass is 9.80. The highest BCUT2D eigenvalue weighted by Crippen LogP contribution is 2.28. The smallest absolute Gasteiger partial charge is 0.0490 e. The zero-order valence-corrected chi connectivity index (χ0v) is 7.43. The van der Waals surface area contributed by atoms with Gasteiger partial charge in [0.1, 0.15) is 0 Å². The molecule has 1 aromatic heterocycles. The number of aromatic amines is 1. The van der Waals surface area contributed by atoms with Crippen LogP contribution in [0.2, 0.25) is 0 Å². The normalized spacial score (nSPS) is 30.4. The molecule has 2 N–H and O–H groups in total. The lowest BCUT2D eigenvalue weighted by Gasteiger charge is -2.32. The summed E-state index contributed by atoms with van der Waals surface area (Å²) in [6.07, 6.45) is 4.34. The quantitative estimate of drug-likeness (QED) is 0.653. The van der Waals surface area contributed by atoms with Crippen LogP contribution < -0.4 is 5.32 Å². The molecule has 3 nitrogen and oxygen atoms in total. The number of hydrogen-bond acceptors (Lipinski definition) is 2. The fourth-order valence-electron chi connectivity index (χ4n) is 1.88. The van der Waals surface area contributed by atoms with Gasteiger partial charge in [0.25, 0.3) is 0 Å². The van der Waals surface area contributed by atoms with Crippen molar-refractivity contribution in [3.05, 3.63) is 18.0 Å². The van der Waals surface area contributed by atoms with Crippen LogP contribution in [0.15, 0.2) is 12.3 Å². The Balaban J connectivity index is 2.19.